The van der Waals surface area contributed by atoms with Gasteiger partial charge in [-0.15, -0.1) is 5.10 Å². The highest BCUT2D eigenvalue weighted by Gasteiger charge is 2.20. The van der Waals surface area contributed by atoms with Crippen molar-refractivity contribution in [3.8, 4) is 34.0 Å². The summed E-state index contributed by atoms with van der Waals surface area (Å²) in [7, 11) is 1.65. The van der Waals surface area contributed by atoms with Gasteiger partial charge in [0, 0.05) is 29.8 Å². The maximum Gasteiger partial charge on any atom is 0.333 e. The van der Waals surface area contributed by atoms with Crippen LogP contribution in [0.1, 0.15) is 49.9 Å². The Hall–Kier alpha value is -4.53. The Labute approximate surface area is 221 Å². The van der Waals surface area contributed by atoms with Gasteiger partial charge in [-0.25, -0.2) is 9.89 Å². The van der Waals surface area contributed by atoms with Crippen LogP contribution in [-0.4, -0.2) is 41.9 Å². The summed E-state index contributed by atoms with van der Waals surface area (Å²) >= 11 is 0. The van der Waals surface area contributed by atoms with Gasteiger partial charge >= 0.3 is 5.69 Å². The van der Waals surface area contributed by atoms with E-state index in [4.69, 9.17) is 4.74 Å². The van der Waals surface area contributed by atoms with Crippen molar-refractivity contribution in [1.82, 2.24) is 34.7 Å². The Morgan fingerprint density at radius 3 is 2.55 bits per heavy atom. The summed E-state index contributed by atoms with van der Waals surface area (Å²) in [6, 6.07) is 16.1. The van der Waals surface area contributed by atoms with Gasteiger partial charge in [-0.1, -0.05) is 63.6 Å². The minimum absolute atomic E-state index is 0.0711. The van der Waals surface area contributed by atoms with E-state index in [0.717, 1.165) is 52.0 Å². The van der Waals surface area contributed by atoms with E-state index in [2.05, 4.69) is 76.7 Å². The van der Waals surface area contributed by atoms with E-state index in [1.54, 1.807) is 24.1 Å². The molecule has 0 atom stereocenters. The topological polar surface area (TPSA) is 104 Å². The molecule has 3 heterocycles. The summed E-state index contributed by atoms with van der Waals surface area (Å²) < 4.78 is 9.30. The van der Waals surface area contributed by atoms with Crippen molar-refractivity contribution >= 4 is 0 Å². The number of hydrogen-bond donors (Lipinski definition) is 1. The van der Waals surface area contributed by atoms with Crippen molar-refractivity contribution in [1.29, 1.82) is 0 Å². The van der Waals surface area contributed by atoms with E-state index in [-0.39, 0.29) is 11.6 Å². The molecule has 38 heavy (non-hydrogen) atoms. The molecular weight excluding hydrogens is 478 g/mol. The molecular formula is C29H31N7O2. The van der Waals surface area contributed by atoms with Crippen LogP contribution in [0.4, 0.5) is 0 Å². The van der Waals surface area contributed by atoms with Crippen LogP contribution in [0.15, 0.2) is 71.9 Å². The van der Waals surface area contributed by atoms with Crippen LogP contribution in [-0.2, 0) is 13.0 Å². The quantitative estimate of drug-likeness (QED) is 0.299. The highest BCUT2D eigenvalue weighted by Crippen LogP contribution is 2.32. The number of imidazole rings is 1. The summed E-state index contributed by atoms with van der Waals surface area (Å²) in [5.74, 6) is 1.49. The Morgan fingerprint density at radius 1 is 1.05 bits per heavy atom. The fourth-order valence-corrected chi connectivity index (χ4v) is 4.82. The first-order valence-corrected chi connectivity index (χ1v) is 12.8. The molecule has 0 spiro atoms. The molecule has 0 amide bonds. The lowest BCUT2D eigenvalue weighted by atomic mass is 10.00. The zero-order chi connectivity index (χ0) is 26.6. The Morgan fingerprint density at radius 2 is 1.87 bits per heavy atom. The SMILES string of the molecule is CCCc1cn(-c2c(OC)cccc2C(C)C)c(=O)n1Cc1ccc(-c2ccncc2-c2nnn[nH]2)cc1. The number of rotatable bonds is 9. The molecule has 0 unspecified atom stereocenters. The normalized spacial score (nSPS) is 11.3. The third-order valence-electron chi connectivity index (χ3n) is 6.71. The number of H-pyrrole nitrogens is 1. The van der Waals surface area contributed by atoms with Crippen LogP contribution in [0.25, 0.3) is 28.2 Å². The molecule has 9 nitrogen and oxygen atoms in total. The number of aromatic nitrogens is 7. The van der Waals surface area contributed by atoms with Crippen molar-refractivity contribution in [3.63, 3.8) is 0 Å². The average molecular weight is 510 g/mol. The van der Waals surface area contributed by atoms with Gasteiger partial charge in [-0.2, -0.15) is 0 Å². The van der Waals surface area contributed by atoms with Crippen molar-refractivity contribution < 1.29 is 4.74 Å². The van der Waals surface area contributed by atoms with E-state index < -0.39 is 0 Å². The summed E-state index contributed by atoms with van der Waals surface area (Å²) in [5.41, 5.74) is 6.65. The van der Waals surface area contributed by atoms with Crippen LogP contribution in [0.3, 0.4) is 0 Å². The first-order chi connectivity index (χ1) is 18.5. The number of aryl methyl sites for hydroxylation is 1. The fraction of sp³-hybridized carbons (Fsp3) is 0.276. The Kier molecular flexibility index (Phi) is 7.17. The number of ether oxygens (including phenoxy) is 1. The first kappa shape index (κ1) is 25.1. The number of aromatic amines is 1. The predicted octanol–water partition coefficient (Wildman–Crippen LogP) is 5.01. The van der Waals surface area contributed by atoms with E-state index >= 15 is 0 Å². The Balaban J connectivity index is 1.52. The molecule has 0 aliphatic rings. The van der Waals surface area contributed by atoms with Gasteiger partial charge in [0.05, 0.1) is 19.3 Å². The van der Waals surface area contributed by atoms with Crippen molar-refractivity contribution in [2.45, 2.75) is 46.1 Å². The number of methoxy groups -OCH3 is 1. The number of hydrogen-bond acceptors (Lipinski definition) is 6. The first-order valence-electron chi connectivity index (χ1n) is 12.8. The van der Waals surface area contributed by atoms with Gasteiger partial charge in [0.2, 0.25) is 0 Å². The van der Waals surface area contributed by atoms with Crippen molar-refractivity contribution in [2.75, 3.05) is 7.11 Å². The predicted molar refractivity (Wildman–Crippen MR) is 147 cm³/mol. The molecule has 0 saturated carbocycles. The maximum absolute atomic E-state index is 13.8. The van der Waals surface area contributed by atoms with Gasteiger partial charge in [-0.05, 0) is 57.2 Å². The number of nitrogens with zero attached hydrogens (tertiary/aromatic N) is 6. The van der Waals surface area contributed by atoms with Crippen LogP contribution in [0, 0.1) is 0 Å². The lowest BCUT2D eigenvalue weighted by Gasteiger charge is -2.16. The van der Waals surface area contributed by atoms with Crippen molar-refractivity contribution in [2.24, 2.45) is 0 Å². The molecule has 2 aromatic carbocycles. The summed E-state index contributed by atoms with van der Waals surface area (Å²) in [5, 5.41) is 14.2. The van der Waals surface area contributed by atoms with Gasteiger partial charge in [0.15, 0.2) is 5.82 Å². The molecule has 0 aliphatic carbocycles. The van der Waals surface area contributed by atoms with Gasteiger partial charge in [0.1, 0.15) is 5.75 Å². The highest BCUT2D eigenvalue weighted by atomic mass is 16.5. The van der Waals surface area contributed by atoms with E-state index in [1.807, 2.05) is 29.0 Å². The smallest absolute Gasteiger partial charge is 0.333 e. The molecule has 3 aromatic heterocycles. The maximum atomic E-state index is 13.8. The van der Waals surface area contributed by atoms with Gasteiger partial charge in [0.25, 0.3) is 0 Å². The molecule has 0 radical (unpaired) electrons. The average Bonchev–Trinajstić information content (AvgIpc) is 3.58. The van der Waals surface area contributed by atoms with E-state index in [0.29, 0.717) is 18.1 Å². The number of pyridine rings is 1. The van der Waals surface area contributed by atoms with Crippen LogP contribution >= 0.6 is 0 Å². The second kappa shape index (κ2) is 10.8. The molecule has 0 saturated heterocycles. The zero-order valence-electron chi connectivity index (χ0n) is 22.0. The van der Waals surface area contributed by atoms with Crippen LogP contribution in [0.5, 0.6) is 5.75 Å². The lowest BCUT2D eigenvalue weighted by molar-refractivity contribution is 0.411. The largest absolute Gasteiger partial charge is 0.495 e. The third-order valence-corrected chi connectivity index (χ3v) is 6.71. The standard InChI is InChI=1S/C29H31N7O2/c1-5-7-22-18-36(27-23(19(2)3)8-6-9-26(27)38-4)29(37)35(22)17-20-10-12-21(13-11-20)24-14-15-30-16-25(24)28-31-33-34-32-28/h6,8-16,18-19H,5,7,17H2,1-4H3,(H,31,32,33,34). The number of benzene rings is 2. The fourth-order valence-electron chi connectivity index (χ4n) is 4.82. The zero-order valence-corrected chi connectivity index (χ0v) is 22.0. The lowest BCUT2D eigenvalue weighted by Crippen LogP contribution is -2.25. The van der Waals surface area contributed by atoms with E-state index in [1.165, 1.54) is 0 Å². The Bertz CT molecular complexity index is 1580. The molecule has 194 valence electrons. The summed E-state index contributed by atoms with van der Waals surface area (Å²) in [4.78, 5) is 18.0. The second-order valence-corrected chi connectivity index (χ2v) is 9.53. The molecule has 9 heteroatoms. The molecule has 0 bridgehead atoms. The number of tetrazole rings is 1. The van der Waals surface area contributed by atoms with Crippen LogP contribution in [0.2, 0.25) is 0 Å². The molecule has 0 aliphatic heterocycles. The number of para-hydroxylation sites is 1. The van der Waals surface area contributed by atoms with Gasteiger partial charge in [-0.3, -0.25) is 14.1 Å². The second-order valence-electron chi connectivity index (χ2n) is 9.53. The monoisotopic (exact) mass is 509 g/mol. The summed E-state index contributed by atoms with van der Waals surface area (Å²) in [6.45, 7) is 6.85. The van der Waals surface area contributed by atoms with Crippen LogP contribution < -0.4 is 10.4 Å². The third kappa shape index (κ3) is 4.74. The highest BCUT2D eigenvalue weighted by molar-refractivity contribution is 5.79. The molecule has 0 fully saturated rings. The minimum Gasteiger partial charge on any atom is -0.495 e. The summed E-state index contributed by atoms with van der Waals surface area (Å²) in [6.07, 6.45) is 7.20. The molecule has 5 rings (SSSR count). The number of nitrogens with one attached hydrogen (secondary N) is 1. The molecule has 1 N–H and O–H groups in total. The van der Waals surface area contributed by atoms with Crippen molar-refractivity contribution in [3.05, 3.63) is 94.4 Å². The van der Waals surface area contributed by atoms with E-state index in [9.17, 15) is 4.79 Å². The van der Waals surface area contributed by atoms with Gasteiger partial charge < -0.3 is 4.74 Å². The minimum atomic E-state index is -0.0711. The molecule has 5 aromatic rings.